The SMILES string of the molecule is Cn1ccnc1S(=O)(=O)C1CN(C(=O)C2CC2)C1. The molecule has 0 N–H and O–H groups in total. The van der Waals surface area contributed by atoms with Crippen molar-refractivity contribution in [3.63, 3.8) is 0 Å². The van der Waals surface area contributed by atoms with E-state index in [1.807, 2.05) is 0 Å². The Morgan fingerprint density at radius 1 is 1.39 bits per heavy atom. The highest BCUT2D eigenvalue weighted by Crippen LogP contribution is 2.33. The molecule has 0 spiro atoms. The number of carbonyl (C=O) groups excluding carboxylic acids is 1. The number of nitrogens with zero attached hydrogens (tertiary/aromatic N) is 3. The van der Waals surface area contributed by atoms with Crippen molar-refractivity contribution in [1.29, 1.82) is 0 Å². The van der Waals surface area contributed by atoms with Gasteiger partial charge in [0.2, 0.25) is 20.9 Å². The van der Waals surface area contributed by atoms with Crippen LogP contribution in [0.15, 0.2) is 17.6 Å². The summed E-state index contributed by atoms with van der Waals surface area (Å²) in [5.74, 6) is 0.267. The van der Waals surface area contributed by atoms with Crippen molar-refractivity contribution in [2.75, 3.05) is 13.1 Å². The third-order valence-corrected chi connectivity index (χ3v) is 5.63. The number of rotatable bonds is 3. The summed E-state index contributed by atoms with van der Waals surface area (Å²) in [7, 11) is -1.74. The number of likely N-dealkylation sites (tertiary alicyclic amines) is 1. The van der Waals surface area contributed by atoms with E-state index in [-0.39, 0.29) is 17.0 Å². The minimum absolute atomic E-state index is 0.0889. The van der Waals surface area contributed by atoms with Crippen LogP contribution in [-0.4, -0.2) is 47.1 Å². The van der Waals surface area contributed by atoms with E-state index in [9.17, 15) is 13.2 Å². The highest BCUT2D eigenvalue weighted by molar-refractivity contribution is 7.92. The zero-order chi connectivity index (χ0) is 12.9. The van der Waals surface area contributed by atoms with Crippen molar-refractivity contribution >= 4 is 15.7 Å². The summed E-state index contributed by atoms with van der Waals surface area (Å²) < 4.78 is 26.0. The Labute approximate surface area is 106 Å². The highest BCUT2D eigenvalue weighted by atomic mass is 32.2. The fraction of sp³-hybridized carbons (Fsp3) is 0.636. The molecule has 2 fully saturated rings. The topological polar surface area (TPSA) is 72.3 Å². The van der Waals surface area contributed by atoms with Gasteiger partial charge in [-0.15, -0.1) is 0 Å². The minimum atomic E-state index is -3.40. The van der Waals surface area contributed by atoms with Crippen LogP contribution in [0.1, 0.15) is 12.8 Å². The first-order valence-electron chi connectivity index (χ1n) is 6.00. The van der Waals surface area contributed by atoms with Gasteiger partial charge in [0.25, 0.3) is 0 Å². The standard InChI is InChI=1S/C11H15N3O3S/c1-13-5-4-12-11(13)18(16,17)9-6-14(7-9)10(15)8-2-3-8/h4-5,8-9H,2-3,6-7H2,1H3. The van der Waals surface area contributed by atoms with Crippen LogP contribution in [0.3, 0.4) is 0 Å². The Hall–Kier alpha value is -1.37. The number of amides is 1. The predicted molar refractivity (Wildman–Crippen MR) is 63.5 cm³/mol. The van der Waals surface area contributed by atoms with Gasteiger partial charge in [-0.2, -0.15) is 0 Å². The van der Waals surface area contributed by atoms with Gasteiger partial charge in [0.15, 0.2) is 0 Å². The van der Waals surface area contributed by atoms with Crippen molar-refractivity contribution in [2.45, 2.75) is 23.2 Å². The largest absolute Gasteiger partial charge is 0.340 e. The van der Waals surface area contributed by atoms with Gasteiger partial charge in [0.1, 0.15) is 5.25 Å². The first kappa shape index (κ1) is 11.7. The van der Waals surface area contributed by atoms with Crippen molar-refractivity contribution in [1.82, 2.24) is 14.5 Å². The van der Waals surface area contributed by atoms with E-state index in [4.69, 9.17) is 0 Å². The summed E-state index contributed by atoms with van der Waals surface area (Å²) in [6.45, 7) is 0.620. The molecule has 1 saturated heterocycles. The molecule has 1 aromatic heterocycles. The maximum atomic E-state index is 12.2. The van der Waals surface area contributed by atoms with E-state index in [0.29, 0.717) is 13.1 Å². The summed E-state index contributed by atoms with van der Waals surface area (Å²) in [6.07, 6.45) is 4.98. The van der Waals surface area contributed by atoms with Crippen molar-refractivity contribution in [3.05, 3.63) is 12.4 Å². The van der Waals surface area contributed by atoms with Gasteiger partial charge in [-0.3, -0.25) is 4.79 Å². The van der Waals surface area contributed by atoms with Gasteiger partial charge in [0.05, 0.1) is 0 Å². The monoisotopic (exact) mass is 269 g/mol. The molecule has 0 atom stereocenters. The zero-order valence-electron chi connectivity index (χ0n) is 10.1. The van der Waals surface area contributed by atoms with Crippen LogP contribution in [0, 0.1) is 5.92 Å². The van der Waals surface area contributed by atoms with E-state index in [2.05, 4.69) is 4.98 Å². The predicted octanol–water partition coefficient (Wildman–Crippen LogP) is -0.185. The normalized spacial score (nSPS) is 20.8. The first-order chi connectivity index (χ1) is 8.50. The number of hydrogen-bond donors (Lipinski definition) is 0. The van der Waals surface area contributed by atoms with Gasteiger partial charge in [-0.1, -0.05) is 0 Å². The smallest absolute Gasteiger partial charge is 0.227 e. The molecule has 98 valence electrons. The molecule has 7 heteroatoms. The maximum absolute atomic E-state index is 12.2. The van der Waals surface area contributed by atoms with E-state index in [0.717, 1.165) is 12.8 Å². The molecule has 1 saturated carbocycles. The molecule has 2 heterocycles. The number of aromatic nitrogens is 2. The lowest BCUT2D eigenvalue weighted by Gasteiger charge is -2.38. The van der Waals surface area contributed by atoms with Crippen LogP contribution < -0.4 is 0 Å². The van der Waals surface area contributed by atoms with E-state index < -0.39 is 15.1 Å². The fourth-order valence-corrected chi connectivity index (χ4v) is 3.90. The summed E-state index contributed by atoms with van der Waals surface area (Å²) >= 11 is 0. The van der Waals surface area contributed by atoms with Crippen molar-refractivity contribution in [2.24, 2.45) is 13.0 Å². The molecule has 0 aromatic carbocycles. The van der Waals surface area contributed by atoms with Crippen LogP contribution in [-0.2, 0) is 21.7 Å². The molecule has 2 aliphatic rings. The average Bonchev–Trinajstić information content (AvgIpc) is 2.98. The molecule has 0 radical (unpaired) electrons. The molecular formula is C11H15N3O3S. The highest BCUT2D eigenvalue weighted by Gasteiger charge is 2.45. The summed E-state index contributed by atoms with van der Waals surface area (Å²) in [5.41, 5.74) is 0. The second-order valence-electron chi connectivity index (χ2n) is 5.01. The van der Waals surface area contributed by atoms with E-state index in [1.165, 1.54) is 10.8 Å². The van der Waals surface area contributed by atoms with Crippen LogP contribution in [0.25, 0.3) is 0 Å². The van der Waals surface area contributed by atoms with Crippen molar-refractivity contribution < 1.29 is 13.2 Å². The lowest BCUT2D eigenvalue weighted by Crippen LogP contribution is -2.57. The number of imidazole rings is 1. The number of aryl methyl sites for hydroxylation is 1. The van der Waals surface area contributed by atoms with Crippen molar-refractivity contribution in [3.8, 4) is 0 Å². The molecule has 18 heavy (non-hydrogen) atoms. The molecule has 0 unspecified atom stereocenters. The molecule has 1 aromatic rings. The molecule has 3 rings (SSSR count). The third kappa shape index (κ3) is 1.73. The quantitative estimate of drug-likeness (QED) is 0.762. The number of hydrogen-bond acceptors (Lipinski definition) is 4. The summed E-state index contributed by atoms with van der Waals surface area (Å²) in [5, 5.41) is -0.410. The Morgan fingerprint density at radius 3 is 2.56 bits per heavy atom. The van der Waals surface area contributed by atoms with Crippen LogP contribution in [0.2, 0.25) is 0 Å². The molecule has 1 amide bonds. The fourth-order valence-electron chi connectivity index (χ4n) is 2.18. The van der Waals surface area contributed by atoms with E-state index in [1.54, 1.807) is 18.1 Å². The molecule has 0 bridgehead atoms. The first-order valence-corrected chi connectivity index (χ1v) is 7.55. The molecular weight excluding hydrogens is 254 g/mol. The average molecular weight is 269 g/mol. The third-order valence-electron chi connectivity index (χ3n) is 3.56. The van der Waals surface area contributed by atoms with Gasteiger partial charge >= 0.3 is 0 Å². The van der Waals surface area contributed by atoms with Gasteiger partial charge in [-0.25, -0.2) is 13.4 Å². The number of sulfone groups is 1. The van der Waals surface area contributed by atoms with E-state index >= 15 is 0 Å². The molecule has 1 aliphatic carbocycles. The zero-order valence-corrected chi connectivity index (χ0v) is 10.9. The van der Waals surface area contributed by atoms with Crippen LogP contribution in [0.4, 0.5) is 0 Å². The second-order valence-corrected chi connectivity index (χ2v) is 7.13. The number of carbonyl (C=O) groups is 1. The Morgan fingerprint density at radius 2 is 2.06 bits per heavy atom. The van der Waals surface area contributed by atoms with Crippen LogP contribution in [0.5, 0.6) is 0 Å². The Kier molecular flexibility index (Phi) is 2.48. The Balaban J connectivity index is 1.71. The molecule has 6 nitrogen and oxygen atoms in total. The summed E-state index contributed by atoms with van der Waals surface area (Å²) in [4.78, 5) is 17.2. The van der Waals surface area contributed by atoms with Crippen LogP contribution >= 0.6 is 0 Å². The summed E-state index contributed by atoms with van der Waals surface area (Å²) in [6, 6.07) is 0. The lowest BCUT2D eigenvalue weighted by molar-refractivity contribution is -0.135. The van der Waals surface area contributed by atoms with Gasteiger partial charge in [0, 0.05) is 38.4 Å². The lowest BCUT2D eigenvalue weighted by atomic mass is 10.2. The molecule has 1 aliphatic heterocycles. The maximum Gasteiger partial charge on any atom is 0.227 e. The Bertz CT molecular complexity index is 582. The van der Waals surface area contributed by atoms with Gasteiger partial charge < -0.3 is 9.47 Å². The second kappa shape index (κ2) is 3.81. The van der Waals surface area contributed by atoms with Gasteiger partial charge in [-0.05, 0) is 12.8 Å². The minimum Gasteiger partial charge on any atom is -0.340 e.